The number of alkyl halides is 3. The van der Waals surface area contributed by atoms with Crippen LogP contribution in [0.1, 0.15) is 42.6 Å². The predicted molar refractivity (Wildman–Crippen MR) is 72.4 cm³/mol. The molecule has 0 spiro atoms. The van der Waals surface area contributed by atoms with Gasteiger partial charge in [-0.2, -0.15) is 13.2 Å². The molecule has 0 saturated carbocycles. The minimum atomic E-state index is -4.72. The van der Waals surface area contributed by atoms with Crippen molar-refractivity contribution >= 4 is 11.7 Å². The molecular formula is C14H18F3NO3. The fraction of sp³-hybridized carbons (Fsp3) is 0.500. The van der Waals surface area contributed by atoms with Gasteiger partial charge in [0.1, 0.15) is 0 Å². The first-order chi connectivity index (χ1) is 9.63. The predicted octanol–water partition coefficient (Wildman–Crippen LogP) is 3.37. The highest BCUT2D eigenvalue weighted by Gasteiger charge is 2.35. The number of anilines is 1. The monoisotopic (exact) mass is 305 g/mol. The molecule has 7 heteroatoms. The Hall–Kier alpha value is -1.76. The molecule has 21 heavy (non-hydrogen) atoms. The van der Waals surface area contributed by atoms with Gasteiger partial charge in [0.2, 0.25) is 0 Å². The van der Waals surface area contributed by atoms with Crippen LogP contribution in [0.3, 0.4) is 0 Å². The Labute approximate surface area is 120 Å². The zero-order valence-electron chi connectivity index (χ0n) is 11.8. The molecule has 3 N–H and O–H groups in total. The van der Waals surface area contributed by atoms with Crippen molar-refractivity contribution in [1.82, 2.24) is 0 Å². The Morgan fingerprint density at radius 3 is 2.38 bits per heavy atom. The van der Waals surface area contributed by atoms with E-state index in [-0.39, 0.29) is 12.3 Å². The molecule has 0 saturated heterocycles. The van der Waals surface area contributed by atoms with E-state index in [2.05, 4.69) is 5.32 Å². The molecule has 0 aromatic heterocycles. The number of benzene rings is 1. The number of aliphatic hydroxyl groups excluding tert-OH is 1. The van der Waals surface area contributed by atoms with E-state index in [1.54, 1.807) is 6.92 Å². The number of carboxylic acid groups (broad SMARTS) is 1. The zero-order valence-corrected chi connectivity index (χ0v) is 11.8. The van der Waals surface area contributed by atoms with Crippen LogP contribution in [0.25, 0.3) is 0 Å². The molecule has 118 valence electrons. The van der Waals surface area contributed by atoms with Crippen molar-refractivity contribution in [2.45, 2.75) is 38.4 Å². The van der Waals surface area contributed by atoms with Crippen LogP contribution < -0.4 is 5.32 Å². The van der Waals surface area contributed by atoms with Gasteiger partial charge in [-0.25, -0.2) is 4.79 Å². The second-order valence-corrected chi connectivity index (χ2v) is 5.08. The third-order valence-electron chi connectivity index (χ3n) is 3.45. The van der Waals surface area contributed by atoms with Gasteiger partial charge in [-0.05, 0) is 38.0 Å². The van der Waals surface area contributed by atoms with Crippen molar-refractivity contribution in [3.8, 4) is 0 Å². The first-order valence-electron chi connectivity index (χ1n) is 6.46. The molecule has 0 aliphatic carbocycles. The largest absolute Gasteiger partial charge is 0.478 e. The summed E-state index contributed by atoms with van der Waals surface area (Å²) in [7, 11) is 0. The minimum absolute atomic E-state index is 0.0796. The van der Waals surface area contributed by atoms with Gasteiger partial charge in [-0.15, -0.1) is 0 Å². The molecule has 0 heterocycles. The molecule has 1 atom stereocenters. The highest BCUT2D eigenvalue weighted by Crippen LogP contribution is 2.34. The van der Waals surface area contributed by atoms with Gasteiger partial charge in [-0.1, -0.05) is 6.92 Å². The van der Waals surface area contributed by atoms with Crippen molar-refractivity contribution < 1.29 is 28.2 Å². The first kappa shape index (κ1) is 17.3. The minimum Gasteiger partial charge on any atom is -0.478 e. The molecular weight excluding hydrogens is 287 g/mol. The Bertz CT molecular complexity index is 517. The summed E-state index contributed by atoms with van der Waals surface area (Å²) in [5.41, 5.74) is -2.22. The summed E-state index contributed by atoms with van der Waals surface area (Å²) in [6.07, 6.45) is -3.70. The van der Waals surface area contributed by atoms with Crippen molar-refractivity contribution in [2.24, 2.45) is 0 Å². The van der Waals surface area contributed by atoms with Gasteiger partial charge < -0.3 is 15.5 Å². The van der Waals surface area contributed by atoms with Crippen LogP contribution in [0.2, 0.25) is 0 Å². The third-order valence-corrected chi connectivity index (χ3v) is 3.45. The Balaban J connectivity index is 3.18. The molecule has 0 bridgehead atoms. The number of aliphatic hydroxyl groups is 1. The Kier molecular flexibility index (Phi) is 5.22. The highest BCUT2D eigenvalue weighted by molar-refractivity contribution is 5.91. The molecule has 1 aromatic carbocycles. The quantitative estimate of drug-likeness (QED) is 0.753. The molecule has 0 fully saturated rings. The summed E-state index contributed by atoms with van der Waals surface area (Å²) >= 11 is 0. The van der Waals surface area contributed by atoms with E-state index < -0.39 is 28.8 Å². The summed E-state index contributed by atoms with van der Waals surface area (Å²) < 4.78 is 38.2. The van der Waals surface area contributed by atoms with Crippen LogP contribution in [0.5, 0.6) is 0 Å². The Morgan fingerprint density at radius 1 is 1.33 bits per heavy atom. The number of hydrogen-bond donors (Lipinski definition) is 3. The van der Waals surface area contributed by atoms with Crippen molar-refractivity contribution in [2.75, 3.05) is 11.9 Å². The molecule has 0 amide bonds. The summed E-state index contributed by atoms with van der Waals surface area (Å²) in [6, 6.07) is 2.91. The number of hydrogen-bond acceptors (Lipinski definition) is 3. The molecule has 1 unspecified atom stereocenters. The van der Waals surface area contributed by atoms with Crippen LogP contribution in [0.4, 0.5) is 18.9 Å². The fourth-order valence-electron chi connectivity index (χ4n) is 1.97. The van der Waals surface area contributed by atoms with Crippen LogP contribution in [0, 0.1) is 0 Å². The topological polar surface area (TPSA) is 69.6 Å². The zero-order chi connectivity index (χ0) is 16.3. The van der Waals surface area contributed by atoms with E-state index in [4.69, 9.17) is 10.2 Å². The molecule has 0 aliphatic rings. The third kappa shape index (κ3) is 4.35. The van der Waals surface area contributed by atoms with Gasteiger partial charge in [0, 0.05) is 17.8 Å². The van der Waals surface area contributed by atoms with Gasteiger partial charge in [0.15, 0.2) is 0 Å². The standard InChI is InChI=1S/C14H18F3NO3/c1-3-13(2,6-7-19)18-9-4-5-11(14(15,16)17)10(8-9)12(20)21/h4-5,8,18-19H,3,6-7H2,1-2H3,(H,20,21). The normalized spacial score (nSPS) is 14.6. The Morgan fingerprint density at radius 2 is 1.95 bits per heavy atom. The lowest BCUT2D eigenvalue weighted by Gasteiger charge is -2.30. The van der Waals surface area contributed by atoms with Gasteiger partial charge in [-0.3, -0.25) is 0 Å². The molecule has 1 rings (SSSR count). The smallest absolute Gasteiger partial charge is 0.417 e. The number of carbonyl (C=O) groups is 1. The first-order valence-corrected chi connectivity index (χ1v) is 6.46. The van der Waals surface area contributed by atoms with Crippen LogP contribution in [0.15, 0.2) is 18.2 Å². The maximum Gasteiger partial charge on any atom is 0.417 e. The number of rotatable bonds is 6. The number of halogens is 3. The summed E-state index contributed by atoms with van der Waals surface area (Å²) in [4.78, 5) is 11.0. The second kappa shape index (κ2) is 6.34. The van der Waals surface area contributed by atoms with Gasteiger partial charge in [0.05, 0.1) is 11.1 Å². The van der Waals surface area contributed by atoms with Crippen molar-refractivity contribution in [3.63, 3.8) is 0 Å². The van der Waals surface area contributed by atoms with Crippen LogP contribution in [-0.2, 0) is 6.18 Å². The molecule has 1 aromatic rings. The number of carboxylic acids is 1. The van der Waals surface area contributed by atoms with E-state index in [9.17, 15) is 18.0 Å². The molecule has 4 nitrogen and oxygen atoms in total. The fourth-order valence-corrected chi connectivity index (χ4v) is 1.97. The average Bonchev–Trinajstić information content (AvgIpc) is 2.37. The lowest BCUT2D eigenvalue weighted by Crippen LogP contribution is -2.35. The van der Waals surface area contributed by atoms with Gasteiger partial charge >= 0.3 is 12.1 Å². The van der Waals surface area contributed by atoms with Crippen LogP contribution >= 0.6 is 0 Å². The molecule has 0 radical (unpaired) electrons. The lowest BCUT2D eigenvalue weighted by molar-refractivity contribution is -0.138. The maximum absolute atomic E-state index is 12.7. The van der Waals surface area contributed by atoms with Crippen molar-refractivity contribution in [3.05, 3.63) is 29.3 Å². The van der Waals surface area contributed by atoms with Gasteiger partial charge in [0.25, 0.3) is 0 Å². The molecule has 0 aliphatic heterocycles. The van der Waals surface area contributed by atoms with E-state index in [1.165, 1.54) is 6.07 Å². The van der Waals surface area contributed by atoms with Crippen LogP contribution in [-0.4, -0.2) is 28.3 Å². The number of nitrogens with one attached hydrogen (secondary N) is 1. The lowest BCUT2D eigenvalue weighted by atomic mass is 9.94. The maximum atomic E-state index is 12.7. The van der Waals surface area contributed by atoms with E-state index >= 15 is 0 Å². The number of aromatic carboxylic acids is 1. The second-order valence-electron chi connectivity index (χ2n) is 5.08. The van der Waals surface area contributed by atoms with E-state index in [0.29, 0.717) is 12.8 Å². The van der Waals surface area contributed by atoms with E-state index in [1.807, 2.05) is 6.92 Å². The van der Waals surface area contributed by atoms with Crippen molar-refractivity contribution in [1.29, 1.82) is 0 Å². The van der Waals surface area contributed by atoms with E-state index in [0.717, 1.165) is 12.1 Å². The SMILES string of the molecule is CCC(C)(CCO)Nc1ccc(C(F)(F)F)c(C(=O)O)c1. The summed E-state index contributed by atoms with van der Waals surface area (Å²) in [6.45, 7) is 3.59. The summed E-state index contributed by atoms with van der Waals surface area (Å²) in [5, 5.41) is 21.0. The average molecular weight is 305 g/mol. The summed E-state index contributed by atoms with van der Waals surface area (Å²) in [5.74, 6) is -1.63. The highest BCUT2D eigenvalue weighted by atomic mass is 19.4.